The Kier molecular flexibility index (Phi) is 6.08. The van der Waals surface area contributed by atoms with Gasteiger partial charge in [-0.25, -0.2) is 0 Å². The van der Waals surface area contributed by atoms with Crippen LogP contribution in [0.4, 0.5) is 13.2 Å². The van der Waals surface area contributed by atoms with Crippen LogP contribution in [0.25, 0.3) is 0 Å². The average molecular weight is 267 g/mol. The van der Waals surface area contributed by atoms with Crippen LogP contribution in [0.2, 0.25) is 0 Å². The maximum atomic E-state index is 11.8. The van der Waals surface area contributed by atoms with Gasteiger partial charge in [0.2, 0.25) is 0 Å². The van der Waals surface area contributed by atoms with E-state index in [1.807, 2.05) is 0 Å². The molecule has 0 aromatic carbocycles. The minimum atomic E-state index is -4.25. The average Bonchev–Trinajstić information content (AvgIpc) is 2.27. The van der Waals surface area contributed by atoms with Gasteiger partial charge in [-0.15, -0.1) is 0 Å². The second-order valence-electron chi connectivity index (χ2n) is 4.77. The largest absolute Gasteiger partial charge is 0.411 e. The van der Waals surface area contributed by atoms with Gasteiger partial charge in [0.25, 0.3) is 0 Å². The van der Waals surface area contributed by atoms with Crippen LogP contribution in [0.1, 0.15) is 26.2 Å². The summed E-state index contributed by atoms with van der Waals surface area (Å²) in [7, 11) is 0. The number of carbonyl (C=O) groups excluding carboxylic acids is 1. The number of ether oxygens (including phenoxy) is 1. The molecule has 0 aliphatic carbocycles. The van der Waals surface area contributed by atoms with Crippen molar-refractivity contribution in [3.63, 3.8) is 0 Å². The molecule has 0 radical (unpaired) electrons. The number of Topliss-reactive ketones (excluding diaryl/α,β-unsaturated/α-hetero) is 1. The zero-order valence-electron chi connectivity index (χ0n) is 10.6. The van der Waals surface area contributed by atoms with E-state index in [1.165, 1.54) is 0 Å². The van der Waals surface area contributed by atoms with Crippen molar-refractivity contribution >= 4 is 5.78 Å². The van der Waals surface area contributed by atoms with E-state index >= 15 is 0 Å². The Labute approximate surface area is 105 Å². The molecule has 0 spiro atoms. The second kappa shape index (κ2) is 7.09. The van der Waals surface area contributed by atoms with Crippen LogP contribution in [0.5, 0.6) is 0 Å². The van der Waals surface area contributed by atoms with Crippen molar-refractivity contribution in [3.05, 3.63) is 0 Å². The Balaban J connectivity index is 2.10. The second-order valence-corrected chi connectivity index (χ2v) is 4.77. The van der Waals surface area contributed by atoms with Crippen molar-refractivity contribution < 1.29 is 22.7 Å². The fourth-order valence-electron chi connectivity index (χ4n) is 2.17. The van der Waals surface area contributed by atoms with Crippen LogP contribution in [-0.4, -0.2) is 49.7 Å². The number of halogens is 3. The molecule has 0 aromatic heterocycles. The number of alkyl halides is 3. The lowest BCUT2D eigenvalue weighted by molar-refractivity contribution is -0.174. The van der Waals surface area contributed by atoms with Crippen molar-refractivity contribution in [2.45, 2.75) is 32.4 Å². The number of piperidine rings is 1. The van der Waals surface area contributed by atoms with Crippen LogP contribution in [0, 0.1) is 5.92 Å². The molecule has 1 rings (SSSR count). The van der Waals surface area contributed by atoms with Gasteiger partial charge in [0, 0.05) is 25.6 Å². The standard InChI is InChI=1S/C12H20F3NO2/c1-10(17)11-4-2-5-16(8-11)6-3-7-18-9-12(13,14)15/h11H,2-9H2,1H3. The lowest BCUT2D eigenvalue weighted by Gasteiger charge is -2.31. The zero-order chi connectivity index (χ0) is 13.6. The first kappa shape index (κ1) is 15.4. The zero-order valence-corrected chi connectivity index (χ0v) is 10.6. The predicted molar refractivity (Wildman–Crippen MR) is 61.3 cm³/mol. The maximum Gasteiger partial charge on any atom is 0.411 e. The van der Waals surface area contributed by atoms with Crippen molar-refractivity contribution in [2.24, 2.45) is 5.92 Å². The molecule has 0 saturated carbocycles. The summed E-state index contributed by atoms with van der Waals surface area (Å²) in [6.45, 7) is 2.88. The number of ketones is 1. The van der Waals surface area contributed by atoms with Crippen LogP contribution < -0.4 is 0 Å². The van der Waals surface area contributed by atoms with E-state index in [4.69, 9.17) is 0 Å². The molecule has 0 bridgehead atoms. The molecule has 1 atom stereocenters. The first-order valence-corrected chi connectivity index (χ1v) is 6.26. The molecule has 1 aliphatic heterocycles. The van der Waals surface area contributed by atoms with Crippen molar-refractivity contribution in [3.8, 4) is 0 Å². The minimum Gasteiger partial charge on any atom is -0.372 e. The number of hydrogen-bond donors (Lipinski definition) is 0. The molecule has 1 heterocycles. The Morgan fingerprint density at radius 2 is 2.17 bits per heavy atom. The highest BCUT2D eigenvalue weighted by Gasteiger charge is 2.27. The lowest BCUT2D eigenvalue weighted by atomic mass is 9.94. The monoisotopic (exact) mass is 267 g/mol. The number of carbonyl (C=O) groups is 1. The van der Waals surface area contributed by atoms with Gasteiger partial charge in [-0.2, -0.15) is 13.2 Å². The number of nitrogens with zero attached hydrogens (tertiary/aromatic N) is 1. The molecule has 0 N–H and O–H groups in total. The van der Waals surface area contributed by atoms with Gasteiger partial charge in [0.05, 0.1) is 0 Å². The highest BCUT2D eigenvalue weighted by atomic mass is 19.4. The molecule has 3 nitrogen and oxygen atoms in total. The number of hydrogen-bond acceptors (Lipinski definition) is 3. The summed E-state index contributed by atoms with van der Waals surface area (Å²) in [5.41, 5.74) is 0. The van der Waals surface area contributed by atoms with Gasteiger partial charge < -0.3 is 9.64 Å². The quantitative estimate of drug-likeness (QED) is 0.691. The maximum absolute atomic E-state index is 11.8. The smallest absolute Gasteiger partial charge is 0.372 e. The summed E-state index contributed by atoms with van der Waals surface area (Å²) in [5.74, 6) is 0.294. The first-order valence-electron chi connectivity index (χ1n) is 6.26. The van der Waals surface area contributed by atoms with E-state index in [-0.39, 0.29) is 18.3 Å². The number of rotatable bonds is 6. The van der Waals surface area contributed by atoms with E-state index in [0.717, 1.165) is 25.9 Å². The van der Waals surface area contributed by atoms with E-state index < -0.39 is 12.8 Å². The van der Waals surface area contributed by atoms with Gasteiger partial charge in [-0.05, 0) is 32.7 Å². The summed E-state index contributed by atoms with van der Waals surface area (Å²) in [4.78, 5) is 13.4. The molecule has 106 valence electrons. The predicted octanol–water partition coefficient (Wildman–Crippen LogP) is 2.26. The molecule has 1 saturated heterocycles. The van der Waals surface area contributed by atoms with Crippen molar-refractivity contribution in [1.82, 2.24) is 4.90 Å². The van der Waals surface area contributed by atoms with Gasteiger partial charge in [0.1, 0.15) is 12.4 Å². The highest BCUT2D eigenvalue weighted by molar-refractivity contribution is 5.78. The van der Waals surface area contributed by atoms with Gasteiger partial charge in [-0.3, -0.25) is 4.79 Å². The molecule has 1 aliphatic rings. The van der Waals surface area contributed by atoms with Gasteiger partial charge in [-0.1, -0.05) is 0 Å². The van der Waals surface area contributed by atoms with Crippen LogP contribution in [0.3, 0.4) is 0 Å². The molecular formula is C12H20F3NO2. The SMILES string of the molecule is CC(=O)C1CCCN(CCCOCC(F)(F)F)C1. The summed E-state index contributed by atoms with van der Waals surface area (Å²) >= 11 is 0. The van der Waals surface area contributed by atoms with Crippen LogP contribution in [0.15, 0.2) is 0 Å². The summed E-state index contributed by atoms with van der Waals surface area (Å²) < 4.78 is 40.0. The minimum absolute atomic E-state index is 0.0924. The van der Waals surface area contributed by atoms with E-state index in [9.17, 15) is 18.0 Å². The summed E-state index contributed by atoms with van der Waals surface area (Å²) in [5, 5.41) is 0. The van der Waals surface area contributed by atoms with Crippen molar-refractivity contribution in [2.75, 3.05) is 32.8 Å². The molecule has 1 fully saturated rings. The third-order valence-electron chi connectivity index (χ3n) is 3.11. The number of likely N-dealkylation sites (tertiary alicyclic amines) is 1. The Hall–Kier alpha value is -0.620. The Morgan fingerprint density at radius 1 is 1.44 bits per heavy atom. The third-order valence-corrected chi connectivity index (χ3v) is 3.11. The lowest BCUT2D eigenvalue weighted by Crippen LogP contribution is -2.38. The molecule has 6 heteroatoms. The normalized spacial score (nSPS) is 22.1. The van der Waals surface area contributed by atoms with Crippen LogP contribution in [-0.2, 0) is 9.53 Å². The van der Waals surface area contributed by atoms with E-state index in [1.54, 1.807) is 6.92 Å². The molecule has 0 aromatic rings. The van der Waals surface area contributed by atoms with Gasteiger partial charge >= 0.3 is 6.18 Å². The highest BCUT2D eigenvalue weighted by Crippen LogP contribution is 2.17. The fourth-order valence-corrected chi connectivity index (χ4v) is 2.17. The van der Waals surface area contributed by atoms with Gasteiger partial charge in [0.15, 0.2) is 0 Å². The Bertz CT molecular complexity index is 269. The summed E-state index contributed by atoms with van der Waals surface area (Å²) in [6.07, 6.45) is -1.77. The topological polar surface area (TPSA) is 29.5 Å². The van der Waals surface area contributed by atoms with E-state index in [0.29, 0.717) is 13.0 Å². The van der Waals surface area contributed by atoms with E-state index in [2.05, 4.69) is 9.64 Å². The third kappa shape index (κ3) is 6.35. The summed E-state index contributed by atoms with van der Waals surface area (Å²) in [6, 6.07) is 0. The molecule has 1 unspecified atom stereocenters. The van der Waals surface area contributed by atoms with Crippen molar-refractivity contribution in [1.29, 1.82) is 0 Å². The first-order chi connectivity index (χ1) is 8.38. The molecule has 18 heavy (non-hydrogen) atoms. The van der Waals surface area contributed by atoms with Crippen LogP contribution >= 0.6 is 0 Å². The molecule has 0 amide bonds. The molecular weight excluding hydrogens is 247 g/mol. The fraction of sp³-hybridized carbons (Fsp3) is 0.917. The Morgan fingerprint density at radius 3 is 2.78 bits per heavy atom.